The molecule has 7 heteroatoms. The van der Waals surface area contributed by atoms with Crippen molar-refractivity contribution in [3.05, 3.63) is 24.3 Å². The lowest BCUT2D eigenvalue weighted by Gasteiger charge is -2.05. The number of benzene rings is 1. The molecule has 1 heterocycles. The third-order valence-electron chi connectivity index (χ3n) is 2.49. The molecule has 0 saturated carbocycles. The molecule has 0 atom stereocenters. The van der Waals surface area contributed by atoms with Gasteiger partial charge in [-0.1, -0.05) is 23.9 Å². The summed E-state index contributed by atoms with van der Waals surface area (Å²) in [6.45, 7) is 0. The van der Waals surface area contributed by atoms with Gasteiger partial charge in [-0.25, -0.2) is 0 Å². The standard InChI is InChI=1S/C12H13N3O3S/c1-15-11(8-4-3-5-9(6-8)18-2)13-14-12(15)19-7-10(16)17/h3-6H,7H2,1-2H3,(H,16,17). The van der Waals surface area contributed by atoms with Gasteiger partial charge in [0, 0.05) is 12.6 Å². The smallest absolute Gasteiger partial charge is 0.313 e. The van der Waals surface area contributed by atoms with Gasteiger partial charge in [0.25, 0.3) is 0 Å². The number of aromatic nitrogens is 3. The highest BCUT2D eigenvalue weighted by atomic mass is 32.2. The van der Waals surface area contributed by atoms with Gasteiger partial charge in [0.1, 0.15) is 5.75 Å². The number of nitrogens with zero attached hydrogens (tertiary/aromatic N) is 3. The van der Waals surface area contributed by atoms with Crippen LogP contribution in [0.15, 0.2) is 29.4 Å². The zero-order chi connectivity index (χ0) is 13.8. The Kier molecular flexibility index (Phi) is 4.06. The van der Waals surface area contributed by atoms with Gasteiger partial charge in [-0.05, 0) is 12.1 Å². The number of carbonyl (C=O) groups is 1. The number of aliphatic carboxylic acids is 1. The quantitative estimate of drug-likeness (QED) is 0.839. The highest BCUT2D eigenvalue weighted by molar-refractivity contribution is 7.99. The molecule has 1 aromatic carbocycles. The summed E-state index contributed by atoms with van der Waals surface area (Å²) in [7, 11) is 3.41. The zero-order valence-corrected chi connectivity index (χ0v) is 11.3. The maximum Gasteiger partial charge on any atom is 0.313 e. The number of hydrogen-bond acceptors (Lipinski definition) is 5. The summed E-state index contributed by atoms with van der Waals surface area (Å²) < 4.78 is 6.93. The molecule has 0 radical (unpaired) electrons. The van der Waals surface area contributed by atoms with Crippen molar-refractivity contribution >= 4 is 17.7 Å². The number of carboxylic acids is 1. The fourth-order valence-electron chi connectivity index (χ4n) is 1.58. The van der Waals surface area contributed by atoms with Crippen LogP contribution in [0.3, 0.4) is 0 Å². The average Bonchev–Trinajstić information content (AvgIpc) is 2.78. The summed E-state index contributed by atoms with van der Waals surface area (Å²) in [6, 6.07) is 7.47. The van der Waals surface area contributed by atoms with Gasteiger partial charge in [-0.3, -0.25) is 4.79 Å². The molecule has 0 aliphatic rings. The zero-order valence-electron chi connectivity index (χ0n) is 10.5. The molecular weight excluding hydrogens is 266 g/mol. The SMILES string of the molecule is COc1cccc(-c2nnc(SCC(=O)O)n2C)c1. The van der Waals surface area contributed by atoms with E-state index in [2.05, 4.69) is 10.2 Å². The molecule has 0 aliphatic heterocycles. The minimum absolute atomic E-state index is 0.0376. The monoisotopic (exact) mass is 279 g/mol. The van der Waals surface area contributed by atoms with E-state index in [0.717, 1.165) is 23.1 Å². The Morgan fingerprint density at radius 1 is 1.47 bits per heavy atom. The van der Waals surface area contributed by atoms with E-state index in [1.165, 1.54) is 0 Å². The van der Waals surface area contributed by atoms with Crippen molar-refractivity contribution in [1.82, 2.24) is 14.8 Å². The first-order valence-corrected chi connectivity index (χ1v) is 6.49. The molecule has 0 spiro atoms. The lowest BCUT2D eigenvalue weighted by atomic mass is 10.2. The number of methoxy groups -OCH3 is 1. The van der Waals surface area contributed by atoms with E-state index in [4.69, 9.17) is 9.84 Å². The number of ether oxygens (including phenoxy) is 1. The lowest BCUT2D eigenvalue weighted by Crippen LogP contribution is -2.01. The van der Waals surface area contributed by atoms with Crippen molar-refractivity contribution in [1.29, 1.82) is 0 Å². The molecule has 2 rings (SSSR count). The molecule has 0 fully saturated rings. The van der Waals surface area contributed by atoms with Gasteiger partial charge in [-0.15, -0.1) is 10.2 Å². The van der Waals surface area contributed by atoms with Crippen LogP contribution >= 0.6 is 11.8 Å². The number of hydrogen-bond donors (Lipinski definition) is 1. The molecule has 0 bridgehead atoms. The van der Waals surface area contributed by atoms with Crippen molar-refractivity contribution in [2.24, 2.45) is 7.05 Å². The molecule has 0 unspecified atom stereocenters. The average molecular weight is 279 g/mol. The van der Waals surface area contributed by atoms with E-state index in [1.807, 2.05) is 24.3 Å². The summed E-state index contributed by atoms with van der Waals surface area (Å²) in [4.78, 5) is 10.5. The molecule has 2 aromatic rings. The molecule has 100 valence electrons. The molecule has 1 N–H and O–H groups in total. The second-order valence-corrected chi connectivity index (χ2v) is 4.72. The van der Waals surface area contributed by atoms with Crippen molar-refractivity contribution in [2.45, 2.75) is 5.16 Å². The molecule has 0 amide bonds. The molecule has 19 heavy (non-hydrogen) atoms. The maximum atomic E-state index is 10.5. The van der Waals surface area contributed by atoms with Crippen LogP contribution < -0.4 is 4.74 Å². The number of rotatable bonds is 5. The minimum atomic E-state index is -0.879. The van der Waals surface area contributed by atoms with Crippen molar-refractivity contribution in [3.63, 3.8) is 0 Å². The van der Waals surface area contributed by atoms with Crippen LogP contribution in [-0.4, -0.2) is 38.7 Å². The van der Waals surface area contributed by atoms with Crippen LogP contribution in [0, 0.1) is 0 Å². The highest BCUT2D eigenvalue weighted by Gasteiger charge is 2.12. The Bertz CT molecular complexity index is 598. The van der Waals surface area contributed by atoms with Crippen LogP contribution in [0.2, 0.25) is 0 Å². The molecule has 6 nitrogen and oxygen atoms in total. The molecular formula is C12H13N3O3S. The topological polar surface area (TPSA) is 77.2 Å². The first-order valence-electron chi connectivity index (χ1n) is 5.50. The number of carboxylic acid groups (broad SMARTS) is 1. The fourth-order valence-corrected chi connectivity index (χ4v) is 2.21. The summed E-state index contributed by atoms with van der Waals surface area (Å²) in [5.74, 6) is 0.493. The summed E-state index contributed by atoms with van der Waals surface area (Å²) in [5.41, 5.74) is 0.872. The van der Waals surface area contributed by atoms with Crippen LogP contribution in [-0.2, 0) is 11.8 Å². The predicted octanol–water partition coefficient (Wildman–Crippen LogP) is 1.67. The van der Waals surface area contributed by atoms with Crippen LogP contribution in [0.25, 0.3) is 11.4 Å². The van der Waals surface area contributed by atoms with Crippen molar-refractivity contribution < 1.29 is 14.6 Å². The van der Waals surface area contributed by atoms with Gasteiger partial charge < -0.3 is 14.4 Å². The second-order valence-electron chi connectivity index (χ2n) is 3.78. The van der Waals surface area contributed by atoms with E-state index < -0.39 is 5.97 Å². The first-order chi connectivity index (χ1) is 9.11. The van der Waals surface area contributed by atoms with E-state index >= 15 is 0 Å². The number of thioether (sulfide) groups is 1. The van der Waals surface area contributed by atoms with Gasteiger partial charge >= 0.3 is 5.97 Å². The van der Waals surface area contributed by atoms with Crippen molar-refractivity contribution in [2.75, 3.05) is 12.9 Å². The Hall–Kier alpha value is -2.02. The predicted molar refractivity (Wildman–Crippen MR) is 71.4 cm³/mol. The minimum Gasteiger partial charge on any atom is -0.497 e. The largest absolute Gasteiger partial charge is 0.497 e. The third kappa shape index (κ3) is 3.05. The summed E-state index contributed by atoms with van der Waals surface area (Å²) >= 11 is 1.14. The van der Waals surface area contributed by atoms with Crippen LogP contribution in [0.1, 0.15) is 0 Å². The third-order valence-corrected chi connectivity index (χ3v) is 3.49. The van der Waals surface area contributed by atoms with E-state index in [0.29, 0.717) is 11.0 Å². The Morgan fingerprint density at radius 2 is 2.26 bits per heavy atom. The van der Waals surface area contributed by atoms with Crippen LogP contribution in [0.4, 0.5) is 0 Å². The van der Waals surface area contributed by atoms with Gasteiger partial charge in [-0.2, -0.15) is 0 Å². The van der Waals surface area contributed by atoms with Gasteiger partial charge in [0.05, 0.1) is 12.9 Å². The van der Waals surface area contributed by atoms with Gasteiger partial charge in [0.15, 0.2) is 11.0 Å². The van der Waals surface area contributed by atoms with E-state index in [1.54, 1.807) is 18.7 Å². The van der Waals surface area contributed by atoms with E-state index in [-0.39, 0.29) is 5.75 Å². The first kappa shape index (κ1) is 13.4. The Labute approximate surface area is 114 Å². The second kappa shape index (κ2) is 5.75. The lowest BCUT2D eigenvalue weighted by molar-refractivity contribution is -0.133. The van der Waals surface area contributed by atoms with Gasteiger partial charge in [0.2, 0.25) is 0 Å². The summed E-state index contributed by atoms with van der Waals surface area (Å²) in [6.07, 6.45) is 0. The fraction of sp³-hybridized carbons (Fsp3) is 0.250. The Balaban J connectivity index is 2.27. The molecule has 0 aliphatic carbocycles. The van der Waals surface area contributed by atoms with E-state index in [9.17, 15) is 4.79 Å². The van der Waals surface area contributed by atoms with Crippen molar-refractivity contribution in [3.8, 4) is 17.1 Å². The maximum absolute atomic E-state index is 10.5. The highest BCUT2D eigenvalue weighted by Crippen LogP contribution is 2.25. The molecule has 0 saturated heterocycles. The normalized spacial score (nSPS) is 10.4. The van der Waals surface area contributed by atoms with Crippen LogP contribution in [0.5, 0.6) is 5.75 Å². The Morgan fingerprint density at radius 3 is 2.95 bits per heavy atom. The molecule has 1 aromatic heterocycles. The summed E-state index contributed by atoms with van der Waals surface area (Å²) in [5, 5.41) is 17.3.